The molecule has 0 aliphatic carbocycles. The quantitative estimate of drug-likeness (QED) is 0.248. The van der Waals surface area contributed by atoms with E-state index in [1.807, 2.05) is 0 Å². The fourth-order valence-electron chi connectivity index (χ4n) is 5.18. The number of benzene rings is 1. The van der Waals surface area contributed by atoms with E-state index in [1.165, 1.54) is 24.1 Å². The van der Waals surface area contributed by atoms with Gasteiger partial charge in [-0.15, -0.1) is 0 Å². The smallest absolute Gasteiger partial charge is 0.378 e. The number of pyridine rings is 1. The Kier molecular flexibility index (Phi) is 8.58. The van der Waals surface area contributed by atoms with Gasteiger partial charge in [0.1, 0.15) is 5.75 Å². The van der Waals surface area contributed by atoms with Gasteiger partial charge in [-0.25, -0.2) is 0 Å². The molecule has 2 aliphatic heterocycles. The third kappa shape index (κ3) is 6.62. The summed E-state index contributed by atoms with van der Waals surface area (Å²) in [7, 11) is -5.93. The van der Waals surface area contributed by atoms with Gasteiger partial charge in [0.25, 0.3) is 0 Å². The molecule has 2 aliphatic rings. The summed E-state index contributed by atoms with van der Waals surface area (Å²) in [6.07, 6.45) is -2.55. The van der Waals surface area contributed by atoms with E-state index in [9.17, 15) is 39.2 Å². The number of nitrogens with zero attached hydrogens (tertiary/aromatic N) is 3. The molecule has 0 amide bonds. The topological polar surface area (TPSA) is 74.8 Å². The molecule has 1 N–H and O–H groups in total. The Balaban J connectivity index is 1.63. The molecule has 15 heteroatoms. The highest BCUT2D eigenvalue weighted by molar-refractivity contribution is 7.88. The zero-order chi connectivity index (χ0) is 29.5. The second-order valence-electron chi connectivity index (χ2n) is 10.1. The molecule has 2 aromatic rings. The van der Waals surface area contributed by atoms with E-state index < -0.39 is 46.2 Å². The fourth-order valence-corrected chi connectivity index (χ4v) is 5.69. The van der Waals surface area contributed by atoms with Crippen molar-refractivity contribution in [2.24, 2.45) is 0 Å². The average molecular weight is 599 g/mol. The summed E-state index contributed by atoms with van der Waals surface area (Å²) < 4.78 is 119. The van der Waals surface area contributed by atoms with Crippen LogP contribution in [-0.4, -0.2) is 79.8 Å². The first-order valence-electron chi connectivity index (χ1n) is 12.6. The molecule has 222 valence electrons. The van der Waals surface area contributed by atoms with Gasteiger partial charge in [0.15, 0.2) is 0 Å². The first kappa shape index (κ1) is 30.3. The van der Waals surface area contributed by atoms with Gasteiger partial charge in [-0.1, -0.05) is 6.07 Å². The van der Waals surface area contributed by atoms with E-state index >= 15 is 0 Å². The van der Waals surface area contributed by atoms with E-state index in [2.05, 4.69) is 19.4 Å². The fraction of sp³-hybridized carbons (Fsp3) is 0.560. The highest BCUT2D eigenvalue weighted by Crippen LogP contribution is 2.43. The SMILES string of the molecule is Cc1c(OS(=O)(=O)C(F)(F)F)ccc2c1C[C@@H](C)N(CC(F)(F)F)[C@@H]2c1ccc(NC2CN(CCCF)C2)cn1. The summed E-state index contributed by atoms with van der Waals surface area (Å²) in [6, 6.07) is 4.01. The molecule has 3 heterocycles. The lowest BCUT2D eigenvalue weighted by molar-refractivity contribution is -0.155. The Labute approximate surface area is 227 Å². The standard InChI is InChI=1S/C25H29F7N4O3S/c1-15-10-20-16(2)22(39-40(37,38)25(30,31)32)7-5-19(20)23(36(15)14-24(27,28)29)21-6-4-17(11-33-21)34-18-12-35(13-18)9-3-8-26/h4-7,11,15,18,23,34H,3,8-10,12-14H2,1-2H3/t15-,23+/m1/s1. The maximum absolute atomic E-state index is 13.6. The van der Waals surface area contributed by atoms with Crippen LogP contribution in [0, 0.1) is 6.92 Å². The molecule has 0 saturated carbocycles. The highest BCUT2D eigenvalue weighted by Gasteiger charge is 2.49. The van der Waals surface area contributed by atoms with Crippen molar-refractivity contribution in [3.63, 3.8) is 0 Å². The van der Waals surface area contributed by atoms with E-state index in [1.54, 1.807) is 19.1 Å². The first-order chi connectivity index (χ1) is 18.6. The first-order valence-corrected chi connectivity index (χ1v) is 14.0. The number of halogens is 7. The van der Waals surface area contributed by atoms with Crippen molar-refractivity contribution in [1.82, 2.24) is 14.8 Å². The van der Waals surface area contributed by atoms with E-state index in [4.69, 9.17) is 0 Å². The summed E-state index contributed by atoms with van der Waals surface area (Å²) in [6.45, 7) is 3.41. The summed E-state index contributed by atoms with van der Waals surface area (Å²) in [5.41, 5.74) is -3.83. The van der Waals surface area contributed by atoms with Crippen LogP contribution in [-0.2, 0) is 16.5 Å². The van der Waals surface area contributed by atoms with Gasteiger partial charge in [0, 0.05) is 25.7 Å². The number of fused-ring (bicyclic) bond motifs is 1. The second kappa shape index (κ2) is 11.3. The Morgan fingerprint density at radius 3 is 2.38 bits per heavy atom. The normalized spacial score (nSPS) is 21.1. The van der Waals surface area contributed by atoms with Crippen molar-refractivity contribution < 1.29 is 43.3 Å². The van der Waals surface area contributed by atoms with Gasteiger partial charge in [0.2, 0.25) is 0 Å². The molecule has 0 radical (unpaired) electrons. The van der Waals surface area contributed by atoms with Gasteiger partial charge in [0.05, 0.1) is 42.9 Å². The molecule has 1 saturated heterocycles. The van der Waals surface area contributed by atoms with Gasteiger partial charge < -0.3 is 9.50 Å². The Morgan fingerprint density at radius 1 is 1.10 bits per heavy atom. The van der Waals surface area contributed by atoms with Crippen molar-refractivity contribution in [3.05, 3.63) is 52.8 Å². The molecule has 0 spiro atoms. The number of aromatic nitrogens is 1. The molecular weight excluding hydrogens is 569 g/mol. The van der Waals surface area contributed by atoms with Crippen LogP contribution in [0.4, 0.5) is 36.4 Å². The molecule has 4 rings (SSSR count). The van der Waals surface area contributed by atoms with E-state index in [0.717, 1.165) is 19.2 Å². The minimum absolute atomic E-state index is 0.0250. The van der Waals surface area contributed by atoms with Crippen LogP contribution in [0.5, 0.6) is 5.75 Å². The maximum atomic E-state index is 13.6. The molecule has 40 heavy (non-hydrogen) atoms. The summed E-state index contributed by atoms with van der Waals surface area (Å²) in [4.78, 5) is 7.74. The summed E-state index contributed by atoms with van der Waals surface area (Å²) >= 11 is 0. The van der Waals surface area contributed by atoms with Crippen molar-refractivity contribution in [2.45, 2.75) is 56.5 Å². The number of hydrogen-bond acceptors (Lipinski definition) is 7. The average Bonchev–Trinajstić information content (AvgIpc) is 2.82. The molecule has 0 unspecified atom stereocenters. The predicted molar refractivity (Wildman–Crippen MR) is 133 cm³/mol. The summed E-state index contributed by atoms with van der Waals surface area (Å²) in [5, 5.41) is 3.29. The molecule has 7 nitrogen and oxygen atoms in total. The van der Waals surface area contributed by atoms with Crippen LogP contribution in [0.3, 0.4) is 0 Å². The molecular formula is C25H29F7N4O3S. The van der Waals surface area contributed by atoms with E-state index in [-0.39, 0.29) is 30.4 Å². The minimum atomic E-state index is -5.93. The largest absolute Gasteiger partial charge is 0.534 e. The van der Waals surface area contributed by atoms with Gasteiger partial charge in [-0.3, -0.25) is 19.2 Å². The second-order valence-corrected chi connectivity index (χ2v) is 11.6. The Hall–Kier alpha value is -2.65. The number of anilines is 1. The highest BCUT2D eigenvalue weighted by atomic mass is 32.2. The van der Waals surface area contributed by atoms with Gasteiger partial charge >= 0.3 is 21.8 Å². The number of rotatable bonds is 9. The molecule has 2 atom stereocenters. The number of hydrogen-bond donors (Lipinski definition) is 1. The molecule has 1 aromatic carbocycles. The number of likely N-dealkylation sites (tertiary alicyclic amines) is 1. The van der Waals surface area contributed by atoms with Gasteiger partial charge in [-0.05, 0) is 61.6 Å². The third-order valence-corrected chi connectivity index (χ3v) is 8.09. The van der Waals surface area contributed by atoms with Crippen LogP contribution < -0.4 is 9.50 Å². The number of alkyl halides is 7. The predicted octanol–water partition coefficient (Wildman–Crippen LogP) is 4.97. The van der Waals surface area contributed by atoms with E-state index in [0.29, 0.717) is 29.8 Å². The van der Waals surface area contributed by atoms with Gasteiger partial charge in [-0.2, -0.15) is 34.8 Å². The van der Waals surface area contributed by atoms with Crippen LogP contribution >= 0.6 is 0 Å². The maximum Gasteiger partial charge on any atom is 0.534 e. The summed E-state index contributed by atoms with van der Waals surface area (Å²) in [5.74, 6) is -0.542. The molecule has 1 aromatic heterocycles. The van der Waals surface area contributed by atoms with Crippen LogP contribution in [0.15, 0.2) is 30.5 Å². The zero-order valence-corrected chi connectivity index (χ0v) is 22.5. The van der Waals surface area contributed by atoms with Crippen LogP contribution in [0.1, 0.15) is 41.8 Å². The van der Waals surface area contributed by atoms with Crippen molar-refractivity contribution in [3.8, 4) is 5.75 Å². The van der Waals surface area contributed by atoms with Crippen LogP contribution in [0.25, 0.3) is 0 Å². The third-order valence-electron chi connectivity index (χ3n) is 7.12. The minimum Gasteiger partial charge on any atom is -0.378 e. The lowest BCUT2D eigenvalue weighted by Gasteiger charge is -2.42. The van der Waals surface area contributed by atoms with Crippen molar-refractivity contribution >= 4 is 15.8 Å². The van der Waals surface area contributed by atoms with Crippen LogP contribution in [0.2, 0.25) is 0 Å². The zero-order valence-electron chi connectivity index (χ0n) is 21.7. The Morgan fingerprint density at radius 2 is 1.80 bits per heavy atom. The number of nitrogens with one attached hydrogen (secondary N) is 1. The van der Waals surface area contributed by atoms with Crippen molar-refractivity contribution in [2.75, 3.05) is 38.2 Å². The monoisotopic (exact) mass is 598 g/mol. The lowest BCUT2D eigenvalue weighted by atomic mass is 9.84. The molecule has 1 fully saturated rings. The van der Waals surface area contributed by atoms with Crippen molar-refractivity contribution in [1.29, 1.82) is 0 Å². The Bertz CT molecular complexity index is 1300. The lowest BCUT2D eigenvalue weighted by Crippen LogP contribution is -2.54. The molecule has 0 bridgehead atoms.